The van der Waals surface area contributed by atoms with Crippen molar-refractivity contribution in [3.63, 3.8) is 0 Å². The van der Waals surface area contributed by atoms with E-state index in [-0.39, 0.29) is 9.90 Å². The van der Waals surface area contributed by atoms with Crippen LogP contribution in [0, 0.1) is 0 Å². The van der Waals surface area contributed by atoms with Crippen LogP contribution in [0.5, 0.6) is 0 Å². The quantitative estimate of drug-likeness (QED) is 0.483. The Hall–Kier alpha value is -3.50. The fourth-order valence-electron chi connectivity index (χ4n) is 3.73. The van der Waals surface area contributed by atoms with Gasteiger partial charge in [-0.25, -0.2) is 0 Å². The highest BCUT2D eigenvalue weighted by atomic mass is 32.2. The molecule has 31 heavy (non-hydrogen) atoms. The Morgan fingerprint density at radius 1 is 1.06 bits per heavy atom. The van der Waals surface area contributed by atoms with E-state index < -0.39 is 15.9 Å². The van der Waals surface area contributed by atoms with Crippen molar-refractivity contribution in [2.75, 3.05) is 4.83 Å². The van der Waals surface area contributed by atoms with Gasteiger partial charge in [-0.1, -0.05) is 30.3 Å². The van der Waals surface area contributed by atoms with E-state index in [1.807, 2.05) is 36.4 Å². The minimum atomic E-state index is -3.96. The first-order chi connectivity index (χ1) is 14.9. The highest BCUT2D eigenvalue weighted by Gasteiger charge is 2.29. The van der Waals surface area contributed by atoms with Gasteiger partial charge in [0.1, 0.15) is 4.21 Å². The van der Waals surface area contributed by atoms with Crippen molar-refractivity contribution in [1.29, 1.82) is 0 Å². The summed E-state index contributed by atoms with van der Waals surface area (Å²) in [5, 5.41) is 4.21. The highest BCUT2D eigenvalue weighted by Crippen LogP contribution is 2.35. The standard InChI is InChI=1S/C21H17N5O3S2/c22-21(27)19-15-9-8-13-5-1-2-6-14(13)20(15)26(24-19)25-31(28,29)18-11-10-17(30-18)16-7-3-4-12-23-16/h1-7,10-12,25H,8-9H2,(H2,22,27). The zero-order chi connectivity index (χ0) is 21.6. The third-order valence-electron chi connectivity index (χ3n) is 5.10. The van der Waals surface area contributed by atoms with Crippen LogP contribution in [0.2, 0.25) is 0 Å². The molecule has 0 radical (unpaired) electrons. The Kier molecular flexibility index (Phi) is 4.60. The minimum Gasteiger partial charge on any atom is -0.364 e. The molecule has 0 aliphatic heterocycles. The summed E-state index contributed by atoms with van der Waals surface area (Å²) in [5.41, 5.74) is 9.35. The number of amides is 1. The van der Waals surface area contributed by atoms with Gasteiger partial charge in [-0.05, 0) is 42.7 Å². The molecule has 0 unspecified atom stereocenters. The number of rotatable bonds is 5. The third kappa shape index (κ3) is 3.39. The van der Waals surface area contributed by atoms with Crippen molar-refractivity contribution in [2.45, 2.75) is 17.1 Å². The largest absolute Gasteiger partial charge is 0.364 e. The van der Waals surface area contributed by atoms with E-state index in [0.717, 1.165) is 38.6 Å². The predicted octanol–water partition coefficient (Wildman–Crippen LogP) is 2.80. The fraction of sp³-hybridized carbons (Fsp3) is 0.0952. The summed E-state index contributed by atoms with van der Waals surface area (Å²) in [4.78, 5) is 20.6. The molecule has 3 N–H and O–H groups in total. The van der Waals surface area contributed by atoms with Crippen LogP contribution in [0.4, 0.5) is 0 Å². The number of benzene rings is 1. The van der Waals surface area contributed by atoms with Gasteiger partial charge in [-0.15, -0.1) is 16.4 Å². The Balaban J connectivity index is 1.57. The van der Waals surface area contributed by atoms with E-state index in [1.54, 1.807) is 18.3 Å². The molecule has 10 heteroatoms. The zero-order valence-electron chi connectivity index (χ0n) is 16.1. The Bertz CT molecular complexity index is 1410. The first-order valence-electron chi connectivity index (χ1n) is 9.48. The molecule has 1 aliphatic rings. The van der Waals surface area contributed by atoms with Crippen LogP contribution in [0.1, 0.15) is 21.6 Å². The topological polar surface area (TPSA) is 120 Å². The molecule has 0 saturated carbocycles. The number of aryl methyl sites for hydroxylation is 1. The summed E-state index contributed by atoms with van der Waals surface area (Å²) in [6.45, 7) is 0. The molecule has 3 heterocycles. The number of pyridine rings is 1. The molecule has 0 atom stereocenters. The molecule has 1 aliphatic carbocycles. The van der Waals surface area contributed by atoms with Crippen LogP contribution in [0.3, 0.4) is 0 Å². The van der Waals surface area contributed by atoms with Crippen LogP contribution in [-0.4, -0.2) is 29.2 Å². The molecular formula is C21H17N5O3S2. The van der Waals surface area contributed by atoms with Gasteiger partial charge >= 0.3 is 0 Å². The number of carbonyl (C=O) groups is 1. The zero-order valence-corrected chi connectivity index (χ0v) is 17.8. The van der Waals surface area contributed by atoms with Crippen LogP contribution in [0.25, 0.3) is 21.8 Å². The number of hydrogen-bond acceptors (Lipinski definition) is 6. The number of aromatic nitrogens is 3. The average molecular weight is 452 g/mol. The number of nitrogens with one attached hydrogen (secondary N) is 1. The molecule has 3 aromatic heterocycles. The second-order valence-corrected chi connectivity index (χ2v) is 10.0. The van der Waals surface area contributed by atoms with Gasteiger partial charge in [-0.2, -0.15) is 18.0 Å². The van der Waals surface area contributed by atoms with E-state index in [2.05, 4.69) is 14.9 Å². The molecule has 8 nitrogen and oxygen atoms in total. The number of carbonyl (C=O) groups excluding carboxylic acids is 1. The lowest BCUT2D eigenvalue weighted by Gasteiger charge is -2.18. The summed E-state index contributed by atoms with van der Waals surface area (Å²) < 4.78 is 26.4. The van der Waals surface area contributed by atoms with Gasteiger partial charge in [0.25, 0.3) is 15.9 Å². The Morgan fingerprint density at radius 2 is 1.87 bits per heavy atom. The van der Waals surface area contributed by atoms with E-state index in [4.69, 9.17) is 5.73 Å². The van der Waals surface area contributed by atoms with Crippen molar-refractivity contribution in [3.05, 3.63) is 77.6 Å². The Morgan fingerprint density at radius 3 is 2.65 bits per heavy atom. The molecule has 1 aromatic carbocycles. The third-order valence-corrected chi connectivity index (χ3v) is 7.99. The van der Waals surface area contributed by atoms with Crippen molar-refractivity contribution in [1.82, 2.24) is 14.9 Å². The van der Waals surface area contributed by atoms with E-state index in [9.17, 15) is 13.2 Å². The summed E-state index contributed by atoms with van der Waals surface area (Å²) >= 11 is 1.10. The van der Waals surface area contributed by atoms with Crippen molar-refractivity contribution in [2.24, 2.45) is 5.73 Å². The highest BCUT2D eigenvalue weighted by molar-refractivity contribution is 7.94. The maximum Gasteiger partial charge on any atom is 0.286 e. The van der Waals surface area contributed by atoms with Gasteiger partial charge in [0.05, 0.1) is 16.3 Å². The number of thiophene rings is 1. The summed E-state index contributed by atoms with van der Waals surface area (Å²) in [6, 6.07) is 16.3. The summed E-state index contributed by atoms with van der Waals surface area (Å²) in [6.07, 6.45) is 2.93. The lowest BCUT2D eigenvalue weighted by Crippen LogP contribution is -2.25. The number of fused-ring (bicyclic) bond motifs is 3. The summed E-state index contributed by atoms with van der Waals surface area (Å²) in [7, 11) is -3.96. The van der Waals surface area contributed by atoms with Gasteiger partial charge in [-0.3, -0.25) is 9.78 Å². The first kappa shape index (κ1) is 19.5. The van der Waals surface area contributed by atoms with Gasteiger partial charge in [0.15, 0.2) is 5.69 Å². The number of primary amides is 1. The fourth-order valence-corrected chi connectivity index (χ4v) is 5.96. The molecule has 1 amide bonds. The maximum absolute atomic E-state index is 13.1. The molecule has 0 fully saturated rings. The molecule has 0 saturated heterocycles. The van der Waals surface area contributed by atoms with E-state index in [0.29, 0.717) is 23.4 Å². The molecule has 156 valence electrons. The number of nitrogens with two attached hydrogens (primary N) is 1. The van der Waals surface area contributed by atoms with Crippen LogP contribution in [0.15, 0.2) is 65.0 Å². The molecule has 4 aromatic rings. The van der Waals surface area contributed by atoms with Crippen LogP contribution in [-0.2, 0) is 22.9 Å². The lowest BCUT2D eigenvalue weighted by atomic mass is 9.89. The van der Waals surface area contributed by atoms with Gasteiger partial charge < -0.3 is 5.73 Å². The van der Waals surface area contributed by atoms with E-state index in [1.165, 1.54) is 6.07 Å². The SMILES string of the molecule is NC(=O)c1nn(NS(=O)(=O)c2ccc(-c3ccccn3)s2)c2c1CCc1ccccc1-2. The first-order valence-corrected chi connectivity index (χ1v) is 11.8. The van der Waals surface area contributed by atoms with Gasteiger partial charge in [0, 0.05) is 17.3 Å². The normalized spacial score (nSPS) is 12.8. The lowest BCUT2D eigenvalue weighted by molar-refractivity contribution is 0.0994. The van der Waals surface area contributed by atoms with Gasteiger partial charge in [0.2, 0.25) is 0 Å². The number of nitrogens with zero attached hydrogens (tertiary/aromatic N) is 3. The van der Waals surface area contributed by atoms with Crippen LogP contribution < -0.4 is 10.6 Å². The smallest absolute Gasteiger partial charge is 0.286 e. The van der Waals surface area contributed by atoms with Crippen molar-refractivity contribution in [3.8, 4) is 21.8 Å². The van der Waals surface area contributed by atoms with Crippen LogP contribution >= 0.6 is 11.3 Å². The maximum atomic E-state index is 13.1. The molecular weight excluding hydrogens is 434 g/mol. The monoisotopic (exact) mass is 451 g/mol. The minimum absolute atomic E-state index is 0.0764. The second kappa shape index (κ2) is 7.33. The van der Waals surface area contributed by atoms with Crippen molar-refractivity contribution >= 4 is 27.3 Å². The molecule has 5 rings (SSSR count). The predicted molar refractivity (Wildman–Crippen MR) is 118 cm³/mol. The molecule has 0 spiro atoms. The summed E-state index contributed by atoms with van der Waals surface area (Å²) in [5.74, 6) is -0.692. The second-order valence-electron chi connectivity index (χ2n) is 7.04. The Labute approximate surface area is 182 Å². The number of hydrogen-bond donors (Lipinski definition) is 2. The van der Waals surface area contributed by atoms with E-state index >= 15 is 0 Å². The average Bonchev–Trinajstić information content (AvgIpc) is 3.40. The molecule has 0 bridgehead atoms. The number of sulfonamides is 1. The van der Waals surface area contributed by atoms with Crippen molar-refractivity contribution < 1.29 is 13.2 Å².